The second kappa shape index (κ2) is 6.60. The zero-order valence-electron chi connectivity index (χ0n) is 13.2. The van der Waals surface area contributed by atoms with Crippen molar-refractivity contribution >= 4 is 11.6 Å². The molecule has 5 heteroatoms. The predicted octanol–water partition coefficient (Wildman–Crippen LogP) is 3.42. The number of carbonyl (C=O) groups is 1. The van der Waals surface area contributed by atoms with Gasteiger partial charge in [-0.25, -0.2) is 0 Å². The Labute approximate surface area is 135 Å². The topological polar surface area (TPSA) is 56.8 Å². The molecule has 0 saturated carbocycles. The summed E-state index contributed by atoms with van der Waals surface area (Å²) in [6, 6.07) is 11.0. The number of rotatable bonds is 3. The fraction of sp³-hybridized carbons (Fsp3) is 0.278. The molecule has 0 spiro atoms. The van der Waals surface area contributed by atoms with Gasteiger partial charge in [-0.2, -0.15) is 0 Å². The third kappa shape index (κ3) is 3.39. The highest BCUT2D eigenvalue weighted by molar-refractivity contribution is 6.06. The Morgan fingerprint density at radius 1 is 1.13 bits per heavy atom. The lowest BCUT2D eigenvalue weighted by atomic mass is 10.1. The van der Waals surface area contributed by atoms with Crippen molar-refractivity contribution in [3.05, 3.63) is 47.5 Å². The van der Waals surface area contributed by atoms with E-state index in [4.69, 9.17) is 14.2 Å². The van der Waals surface area contributed by atoms with Crippen molar-refractivity contribution in [3.8, 4) is 17.2 Å². The molecule has 5 nitrogen and oxygen atoms in total. The van der Waals surface area contributed by atoms with E-state index >= 15 is 0 Å². The van der Waals surface area contributed by atoms with E-state index in [1.54, 1.807) is 12.1 Å². The molecule has 1 heterocycles. The van der Waals surface area contributed by atoms with Gasteiger partial charge in [0.15, 0.2) is 11.5 Å². The number of aryl methyl sites for hydroxylation is 1. The monoisotopic (exact) mass is 313 g/mol. The molecule has 0 fully saturated rings. The second-order valence-corrected chi connectivity index (χ2v) is 5.37. The van der Waals surface area contributed by atoms with Crippen molar-refractivity contribution in [3.63, 3.8) is 0 Å². The minimum absolute atomic E-state index is 0.247. The summed E-state index contributed by atoms with van der Waals surface area (Å²) >= 11 is 0. The Balaban J connectivity index is 1.91. The highest BCUT2D eigenvalue weighted by atomic mass is 16.5. The molecule has 1 aliphatic rings. The van der Waals surface area contributed by atoms with Gasteiger partial charge >= 0.3 is 0 Å². The average molecular weight is 313 g/mol. The number of fused-ring (bicyclic) bond motifs is 1. The molecule has 1 aliphatic heterocycles. The molecule has 120 valence electrons. The SMILES string of the molecule is COc1cc2c(cc1C(=O)Nc1cccc(C)c1)OCCCO2. The van der Waals surface area contributed by atoms with Crippen LogP contribution in [0.1, 0.15) is 22.3 Å². The molecule has 0 radical (unpaired) electrons. The maximum atomic E-state index is 12.6. The van der Waals surface area contributed by atoms with Gasteiger partial charge in [-0.05, 0) is 24.6 Å². The number of hydrogen-bond acceptors (Lipinski definition) is 4. The fourth-order valence-electron chi connectivity index (χ4n) is 2.46. The number of methoxy groups -OCH3 is 1. The van der Waals surface area contributed by atoms with Crippen LogP contribution in [-0.4, -0.2) is 26.2 Å². The summed E-state index contributed by atoms with van der Waals surface area (Å²) in [7, 11) is 1.53. The molecule has 1 N–H and O–H groups in total. The molecule has 23 heavy (non-hydrogen) atoms. The van der Waals surface area contributed by atoms with E-state index in [1.807, 2.05) is 31.2 Å². The lowest BCUT2D eigenvalue weighted by Gasteiger charge is -2.14. The van der Waals surface area contributed by atoms with Crippen LogP contribution in [0.4, 0.5) is 5.69 Å². The number of benzene rings is 2. The zero-order valence-corrected chi connectivity index (χ0v) is 13.2. The maximum absolute atomic E-state index is 12.6. The number of amides is 1. The van der Waals surface area contributed by atoms with Gasteiger partial charge in [-0.3, -0.25) is 4.79 Å². The van der Waals surface area contributed by atoms with Crippen molar-refractivity contribution < 1.29 is 19.0 Å². The number of nitrogens with one attached hydrogen (secondary N) is 1. The number of ether oxygens (including phenoxy) is 3. The van der Waals surface area contributed by atoms with Gasteiger partial charge in [0.2, 0.25) is 0 Å². The minimum Gasteiger partial charge on any atom is -0.496 e. The largest absolute Gasteiger partial charge is 0.496 e. The van der Waals surface area contributed by atoms with E-state index in [9.17, 15) is 4.79 Å². The molecule has 0 bridgehead atoms. The Morgan fingerprint density at radius 3 is 2.57 bits per heavy atom. The molecular formula is C18H19NO4. The Bertz CT molecular complexity index is 727. The van der Waals surface area contributed by atoms with Crippen LogP contribution in [0.2, 0.25) is 0 Å². The van der Waals surface area contributed by atoms with Crippen molar-refractivity contribution in [2.75, 3.05) is 25.6 Å². The first kappa shape index (κ1) is 15.2. The third-order valence-electron chi connectivity index (χ3n) is 3.59. The molecule has 0 atom stereocenters. The lowest BCUT2D eigenvalue weighted by molar-refractivity contribution is 0.102. The average Bonchev–Trinajstić information content (AvgIpc) is 2.78. The summed E-state index contributed by atoms with van der Waals surface area (Å²) in [5.41, 5.74) is 2.23. The van der Waals surface area contributed by atoms with Crippen LogP contribution in [0.15, 0.2) is 36.4 Å². The molecule has 0 aliphatic carbocycles. The summed E-state index contributed by atoms with van der Waals surface area (Å²) in [5, 5.41) is 2.88. The van der Waals surface area contributed by atoms with Crippen LogP contribution in [0.3, 0.4) is 0 Å². The van der Waals surface area contributed by atoms with Crippen molar-refractivity contribution in [2.45, 2.75) is 13.3 Å². The predicted molar refractivity (Wildman–Crippen MR) is 87.7 cm³/mol. The zero-order chi connectivity index (χ0) is 16.2. The van der Waals surface area contributed by atoms with Crippen LogP contribution in [-0.2, 0) is 0 Å². The van der Waals surface area contributed by atoms with Crippen molar-refractivity contribution in [2.24, 2.45) is 0 Å². The Hall–Kier alpha value is -2.69. The minimum atomic E-state index is -0.247. The van der Waals surface area contributed by atoms with E-state index in [2.05, 4.69) is 5.32 Å². The molecule has 0 aromatic heterocycles. The van der Waals surface area contributed by atoms with E-state index in [-0.39, 0.29) is 5.91 Å². The van der Waals surface area contributed by atoms with Crippen LogP contribution in [0.25, 0.3) is 0 Å². The van der Waals surface area contributed by atoms with E-state index < -0.39 is 0 Å². The van der Waals surface area contributed by atoms with Gasteiger partial charge in [0.25, 0.3) is 5.91 Å². The van der Waals surface area contributed by atoms with Crippen LogP contribution in [0.5, 0.6) is 17.2 Å². The molecule has 1 amide bonds. The van der Waals surface area contributed by atoms with Gasteiger partial charge in [0.05, 0.1) is 25.9 Å². The standard InChI is InChI=1S/C18H19NO4/c1-12-5-3-6-13(9-12)19-18(20)14-10-16-17(11-15(14)21-2)23-8-4-7-22-16/h3,5-6,9-11H,4,7-8H2,1-2H3,(H,19,20). The van der Waals surface area contributed by atoms with Gasteiger partial charge in [0.1, 0.15) is 5.75 Å². The molecule has 0 unspecified atom stereocenters. The normalized spacial score (nSPS) is 13.1. The molecule has 2 aromatic carbocycles. The summed E-state index contributed by atoms with van der Waals surface area (Å²) in [6.45, 7) is 3.13. The van der Waals surface area contributed by atoms with Gasteiger partial charge in [0, 0.05) is 24.2 Å². The molecular weight excluding hydrogens is 294 g/mol. The fourth-order valence-corrected chi connectivity index (χ4v) is 2.46. The van der Waals surface area contributed by atoms with Crippen LogP contribution in [0, 0.1) is 6.92 Å². The maximum Gasteiger partial charge on any atom is 0.259 e. The first-order valence-corrected chi connectivity index (χ1v) is 7.53. The van der Waals surface area contributed by atoms with E-state index in [0.717, 1.165) is 17.7 Å². The smallest absolute Gasteiger partial charge is 0.259 e. The lowest BCUT2D eigenvalue weighted by Crippen LogP contribution is -2.13. The first-order chi connectivity index (χ1) is 11.2. The second-order valence-electron chi connectivity index (χ2n) is 5.37. The van der Waals surface area contributed by atoms with Crippen molar-refractivity contribution in [1.82, 2.24) is 0 Å². The van der Waals surface area contributed by atoms with Gasteiger partial charge < -0.3 is 19.5 Å². The summed E-state index contributed by atoms with van der Waals surface area (Å²) in [5.74, 6) is 1.38. The molecule has 3 rings (SSSR count). The molecule has 0 saturated heterocycles. The number of hydrogen-bond donors (Lipinski definition) is 1. The quantitative estimate of drug-likeness (QED) is 0.943. The highest BCUT2D eigenvalue weighted by Crippen LogP contribution is 2.36. The third-order valence-corrected chi connectivity index (χ3v) is 3.59. The summed E-state index contributed by atoms with van der Waals surface area (Å²) < 4.78 is 16.6. The van der Waals surface area contributed by atoms with E-state index in [1.165, 1.54) is 7.11 Å². The summed E-state index contributed by atoms with van der Waals surface area (Å²) in [4.78, 5) is 12.6. The summed E-state index contributed by atoms with van der Waals surface area (Å²) in [6.07, 6.45) is 0.807. The number of carbonyl (C=O) groups excluding carboxylic acids is 1. The van der Waals surface area contributed by atoms with Crippen LogP contribution >= 0.6 is 0 Å². The van der Waals surface area contributed by atoms with Gasteiger partial charge in [-0.15, -0.1) is 0 Å². The Morgan fingerprint density at radius 2 is 1.87 bits per heavy atom. The Kier molecular flexibility index (Phi) is 4.37. The number of anilines is 1. The first-order valence-electron chi connectivity index (χ1n) is 7.53. The van der Waals surface area contributed by atoms with Crippen molar-refractivity contribution in [1.29, 1.82) is 0 Å². The van der Waals surface area contributed by atoms with Gasteiger partial charge in [-0.1, -0.05) is 12.1 Å². The molecule has 2 aromatic rings. The van der Waals surface area contributed by atoms with Crippen LogP contribution < -0.4 is 19.5 Å². The van der Waals surface area contributed by atoms with E-state index in [0.29, 0.717) is 36.0 Å². The highest BCUT2D eigenvalue weighted by Gasteiger charge is 2.20.